The molecule has 0 N–H and O–H groups in total. The summed E-state index contributed by atoms with van der Waals surface area (Å²) in [6, 6.07) is 13.8. The Hall–Kier alpha value is -0.164. The molecule has 0 aliphatic carbocycles. The molecule has 2 aromatic carbocycles. The van der Waals surface area contributed by atoms with Crippen LogP contribution in [0.2, 0.25) is 15.1 Å². The number of hydrogen-bond acceptors (Lipinski definition) is 2. The zero-order valence-corrected chi connectivity index (χ0v) is 43.8. The van der Waals surface area contributed by atoms with Crippen LogP contribution in [0.5, 0.6) is 0 Å². The Morgan fingerprint density at radius 2 is 0.824 bits per heavy atom. The van der Waals surface area contributed by atoms with Gasteiger partial charge in [0.2, 0.25) is 5.62 Å². The standard InChI is InChI=1S/C39H64N3Si2.C3H9N.Al.2HI/c1-26(2)30-20-18-21-31(27(3)4)34(30)41-24-25-42(35-32(28(5)6)22-19-23-33(35)29(7)8)36(41)40-43-44(37(9,10)11,38(12,13)14)39(15,16)17;1-4(2)3;;;/h18-29,43H,1-17H3;1-3H3;;2*1H/q;;+3;;/p-2. The fourth-order valence-corrected chi connectivity index (χ4v) is 21.4. The Bertz CT molecular complexity index is 1410. The molecular formula is C42H73AlI2N4Si2+. The van der Waals surface area contributed by atoms with Crippen molar-refractivity contribution in [2.24, 2.45) is 4.66 Å². The van der Waals surface area contributed by atoms with Crippen molar-refractivity contribution in [1.82, 2.24) is 14.0 Å². The maximum atomic E-state index is 5.96. The molecule has 0 saturated carbocycles. The van der Waals surface area contributed by atoms with Gasteiger partial charge in [0.05, 0.1) is 19.0 Å². The second kappa shape index (κ2) is 20.1. The first kappa shape index (κ1) is 48.9. The summed E-state index contributed by atoms with van der Waals surface area (Å²) in [5.41, 5.74) is 9.26. The quantitative estimate of drug-likeness (QED) is 0.163. The third-order valence-electron chi connectivity index (χ3n) is 9.89. The Balaban J connectivity index is 0.00000170. The van der Waals surface area contributed by atoms with Crippen LogP contribution < -0.4 is 5.62 Å². The summed E-state index contributed by atoms with van der Waals surface area (Å²) in [5.74, 6) is 1.62. The van der Waals surface area contributed by atoms with Crippen molar-refractivity contribution in [3.8, 4) is 11.4 Å². The summed E-state index contributed by atoms with van der Waals surface area (Å²) in [6.45, 7) is 41.1. The number of aromatic nitrogens is 2. The number of para-hydroxylation sites is 2. The number of imidazole rings is 1. The molecule has 0 unspecified atom stereocenters. The van der Waals surface area contributed by atoms with Crippen molar-refractivity contribution in [1.29, 1.82) is 0 Å². The zero-order valence-electron chi connectivity index (χ0n) is 36.1. The number of nitrogens with zero attached hydrogens (tertiary/aromatic N) is 4. The van der Waals surface area contributed by atoms with E-state index in [1.54, 1.807) is 0 Å². The summed E-state index contributed by atoms with van der Waals surface area (Å²) < 4.78 is 10.9. The second-order valence-electron chi connectivity index (χ2n) is 18.8. The first-order valence-electron chi connectivity index (χ1n) is 18.8. The zero-order chi connectivity index (χ0) is 39.9. The fraction of sp³-hybridized carbons (Fsp3) is 0.643. The molecular weight excluding hydrogens is 897 g/mol. The van der Waals surface area contributed by atoms with E-state index in [1.165, 1.54) is 33.6 Å². The van der Waals surface area contributed by atoms with Crippen LogP contribution in [0.25, 0.3) is 11.4 Å². The van der Waals surface area contributed by atoms with E-state index < -0.39 is 7.59 Å². The molecule has 0 spiro atoms. The normalized spacial score (nSPS) is 12.6. The Kier molecular flexibility index (Phi) is 19.3. The summed E-state index contributed by atoms with van der Waals surface area (Å²) in [7, 11) is 4.43. The van der Waals surface area contributed by atoms with Gasteiger partial charge in [-0.05, 0) is 82.2 Å². The molecule has 0 aliphatic rings. The minimum absolute atomic E-state index is 0.197. The maximum absolute atomic E-state index is 5.96. The average molecular weight is 971 g/mol. The van der Waals surface area contributed by atoms with E-state index in [2.05, 4.69) is 216 Å². The van der Waals surface area contributed by atoms with Gasteiger partial charge in [-0.1, -0.05) is 154 Å². The van der Waals surface area contributed by atoms with Crippen molar-refractivity contribution < 1.29 is 0 Å². The van der Waals surface area contributed by atoms with Crippen molar-refractivity contribution in [3.05, 3.63) is 76.7 Å². The van der Waals surface area contributed by atoms with Crippen molar-refractivity contribution in [2.75, 3.05) is 21.1 Å². The van der Waals surface area contributed by atoms with Gasteiger partial charge in [-0.3, -0.25) is 13.8 Å². The summed E-state index contributed by atoms with van der Waals surface area (Å²) in [6.07, 6.45) is 4.61. The Morgan fingerprint density at radius 3 is 1.02 bits per heavy atom. The van der Waals surface area contributed by atoms with E-state index in [0.717, 1.165) is 5.62 Å². The molecule has 9 heteroatoms. The molecule has 0 amide bonds. The predicted molar refractivity (Wildman–Crippen MR) is 252 cm³/mol. The van der Waals surface area contributed by atoms with Crippen LogP contribution >= 0.6 is 40.5 Å². The van der Waals surface area contributed by atoms with Crippen LogP contribution in [0, 0.1) is 0 Å². The van der Waals surface area contributed by atoms with Gasteiger partial charge in [0.25, 0.3) is 0 Å². The van der Waals surface area contributed by atoms with Gasteiger partial charge in [0.1, 0.15) is 0 Å². The molecule has 51 heavy (non-hydrogen) atoms. The first-order valence-corrected chi connectivity index (χ1v) is 31.5. The average Bonchev–Trinajstić information content (AvgIpc) is 3.37. The van der Waals surface area contributed by atoms with Gasteiger partial charge < -0.3 is 4.90 Å². The van der Waals surface area contributed by atoms with E-state index in [4.69, 9.17) is 4.66 Å². The fourth-order valence-electron chi connectivity index (χ4n) is 8.55. The van der Waals surface area contributed by atoms with Gasteiger partial charge in [0, 0.05) is 12.4 Å². The molecule has 0 bridgehead atoms. The van der Waals surface area contributed by atoms with E-state index >= 15 is 0 Å². The Labute approximate surface area is 347 Å². The third-order valence-corrected chi connectivity index (χ3v) is 27.1. The third kappa shape index (κ3) is 11.9. The molecule has 3 rings (SSSR count). The molecule has 0 fully saturated rings. The van der Waals surface area contributed by atoms with Gasteiger partial charge in [0.15, 0.2) is 9.20 Å². The monoisotopic (exact) mass is 970 g/mol. The van der Waals surface area contributed by atoms with Crippen LogP contribution in [0.15, 0.2) is 53.4 Å². The van der Waals surface area contributed by atoms with Crippen molar-refractivity contribution in [3.63, 3.8) is 0 Å². The molecule has 4 nitrogen and oxygen atoms in total. The van der Waals surface area contributed by atoms with Gasteiger partial charge in [-0.15, -0.1) is 0 Å². The van der Waals surface area contributed by atoms with Crippen molar-refractivity contribution in [2.45, 2.75) is 156 Å². The number of halogens is 2. The van der Waals surface area contributed by atoms with Crippen LogP contribution in [-0.2, 0) is 0 Å². The second-order valence-corrected chi connectivity index (χ2v) is 39.8. The molecule has 1 heterocycles. The molecule has 0 aliphatic heterocycles. The predicted octanol–water partition coefficient (Wildman–Crippen LogP) is 12.9. The summed E-state index contributed by atoms with van der Waals surface area (Å²) in [4.78, 5) is 2.00. The summed E-state index contributed by atoms with van der Waals surface area (Å²) >= 11 is 4.72. The molecule has 1 radical (unpaired) electrons. The van der Waals surface area contributed by atoms with Gasteiger partial charge >= 0.3 is 49.2 Å². The number of hydrogen-bond donors (Lipinski definition) is 0. The minimum atomic E-state index is -2.06. The van der Waals surface area contributed by atoms with Crippen LogP contribution in [0.4, 0.5) is 0 Å². The van der Waals surface area contributed by atoms with Crippen LogP contribution in [0.1, 0.15) is 164 Å². The molecule has 0 atom stereocenters. The van der Waals surface area contributed by atoms with Gasteiger partial charge in [-0.2, -0.15) is 0 Å². The molecule has 285 valence electrons. The van der Waals surface area contributed by atoms with Crippen LogP contribution in [-0.4, -0.2) is 60.6 Å². The SMILES string of the molecule is CC(C)c1cccc(C(C)C)c1-n1ccn(-c2c(C(C)C)cccc2C(C)C)c1=N[SiH][Si](C(C)(C)C)(C(C)(C)C)C(C)(C)C.CN(C)C.[I][Al+][I]. The van der Waals surface area contributed by atoms with Crippen LogP contribution in [0.3, 0.4) is 0 Å². The molecule has 1 aromatic heterocycles. The first-order chi connectivity index (χ1) is 23.2. The van der Waals surface area contributed by atoms with E-state index in [9.17, 15) is 0 Å². The Morgan fingerprint density at radius 1 is 0.588 bits per heavy atom. The van der Waals surface area contributed by atoms with E-state index in [-0.39, 0.29) is 24.3 Å². The summed E-state index contributed by atoms with van der Waals surface area (Å²) in [5, 5.41) is 0.591. The topological polar surface area (TPSA) is 25.5 Å². The molecule has 0 saturated heterocycles. The number of rotatable bonds is 8. The molecule has 3 aromatic rings. The van der Waals surface area contributed by atoms with E-state index in [0.29, 0.717) is 32.3 Å². The number of benzene rings is 2. The van der Waals surface area contributed by atoms with Gasteiger partial charge in [-0.25, -0.2) is 0 Å². The van der Waals surface area contributed by atoms with Crippen molar-refractivity contribution >= 4 is 66.0 Å². The van der Waals surface area contributed by atoms with E-state index in [1.807, 2.05) is 26.0 Å².